The van der Waals surface area contributed by atoms with Gasteiger partial charge in [0.15, 0.2) is 0 Å². The molecule has 0 bridgehead atoms. The van der Waals surface area contributed by atoms with Gasteiger partial charge in [0.05, 0.1) is 0 Å². The topological polar surface area (TPSA) is 64.1 Å². The molecular weight excluding hydrogens is 102 g/mol. The smallest absolute Gasteiger partial charge is 0.0252 e. The van der Waals surface area contributed by atoms with Gasteiger partial charge in [-0.2, -0.15) is 0 Å². The van der Waals surface area contributed by atoms with Crippen molar-refractivity contribution in [2.24, 2.45) is 11.5 Å². The van der Waals surface area contributed by atoms with E-state index in [-0.39, 0.29) is 0 Å². The predicted molar refractivity (Wildman–Crippen MR) is 35.0 cm³/mol. The van der Waals surface area contributed by atoms with Gasteiger partial charge in [-0.15, -0.1) is 0 Å². The molecule has 3 nitrogen and oxygen atoms in total. The molecular formula is C5H13N3. The summed E-state index contributed by atoms with van der Waals surface area (Å²) in [6.45, 7) is 0.615. The van der Waals surface area contributed by atoms with Gasteiger partial charge in [-0.1, -0.05) is 0 Å². The molecule has 0 saturated heterocycles. The van der Waals surface area contributed by atoms with Crippen LogP contribution in [0.15, 0.2) is 11.9 Å². The summed E-state index contributed by atoms with van der Waals surface area (Å²) in [4.78, 5) is 0. The van der Waals surface area contributed by atoms with Crippen LogP contribution in [0.5, 0.6) is 0 Å². The Morgan fingerprint density at radius 1 is 1.75 bits per heavy atom. The standard InChI is InChI=1S/C5H13N3/c1-8-4-5(7)2-3-6/h4,8H,2-3,6-7H2,1H3/b5-4-. The van der Waals surface area contributed by atoms with Crippen LogP contribution < -0.4 is 16.8 Å². The minimum Gasteiger partial charge on any atom is -0.401 e. The van der Waals surface area contributed by atoms with Crippen molar-refractivity contribution in [2.75, 3.05) is 13.6 Å². The molecule has 0 aromatic rings. The van der Waals surface area contributed by atoms with E-state index in [9.17, 15) is 0 Å². The van der Waals surface area contributed by atoms with Crippen molar-refractivity contribution in [3.8, 4) is 0 Å². The fourth-order valence-corrected chi connectivity index (χ4v) is 0.424. The average molecular weight is 115 g/mol. The van der Waals surface area contributed by atoms with Gasteiger partial charge in [-0.05, 0) is 6.54 Å². The van der Waals surface area contributed by atoms with Crippen molar-refractivity contribution in [3.05, 3.63) is 11.9 Å². The largest absolute Gasteiger partial charge is 0.401 e. The Morgan fingerprint density at radius 3 is 2.75 bits per heavy atom. The van der Waals surface area contributed by atoms with E-state index in [0.29, 0.717) is 6.54 Å². The van der Waals surface area contributed by atoms with Crippen LogP contribution >= 0.6 is 0 Å². The molecule has 0 unspecified atom stereocenters. The number of hydrogen-bond acceptors (Lipinski definition) is 3. The van der Waals surface area contributed by atoms with Gasteiger partial charge in [0, 0.05) is 25.4 Å². The van der Waals surface area contributed by atoms with E-state index in [1.54, 1.807) is 6.20 Å². The quantitative estimate of drug-likeness (QED) is 0.458. The first-order chi connectivity index (χ1) is 3.81. The summed E-state index contributed by atoms with van der Waals surface area (Å²) in [6, 6.07) is 0. The van der Waals surface area contributed by atoms with Gasteiger partial charge >= 0.3 is 0 Å². The highest BCUT2D eigenvalue weighted by atomic mass is 14.8. The number of nitrogens with one attached hydrogen (secondary N) is 1. The van der Waals surface area contributed by atoms with Crippen LogP contribution in [0.4, 0.5) is 0 Å². The van der Waals surface area contributed by atoms with E-state index < -0.39 is 0 Å². The molecule has 0 saturated carbocycles. The van der Waals surface area contributed by atoms with Gasteiger partial charge < -0.3 is 16.8 Å². The highest BCUT2D eigenvalue weighted by Crippen LogP contribution is 1.84. The second kappa shape index (κ2) is 4.46. The second-order valence-electron chi connectivity index (χ2n) is 1.55. The van der Waals surface area contributed by atoms with Crippen molar-refractivity contribution in [1.82, 2.24) is 5.32 Å². The molecule has 0 aromatic carbocycles. The molecule has 0 atom stereocenters. The molecule has 3 heteroatoms. The summed E-state index contributed by atoms with van der Waals surface area (Å²) in [5, 5.41) is 2.81. The van der Waals surface area contributed by atoms with Crippen molar-refractivity contribution < 1.29 is 0 Å². The molecule has 48 valence electrons. The number of nitrogens with two attached hydrogens (primary N) is 2. The third kappa shape index (κ3) is 3.49. The Balaban J connectivity index is 3.29. The maximum Gasteiger partial charge on any atom is 0.0252 e. The Bertz CT molecular complexity index is 77.7. The van der Waals surface area contributed by atoms with E-state index in [0.717, 1.165) is 12.1 Å². The summed E-state index contributed by atoms with van der Waals surface area (Å²) in [7, 11) is 1.81. The lowest BCUT2D eigenvalue weighted by Crippen LogP contribution is -2.09. The molecule has 0 aliphatic rings. The Morgan fingerprint density at radius 2 is 2.38 bits per heavy atom. The van der Waals surface area contributed by atoms with Gasteiger partial charge in [-0.3, -0.25) is 0 Å². The number of hydrogen-bond donors (Lipinski definition) is 3. The van der Waals surface area contributed by atoms with Gasteiger partial charge in [0.25, 0.3) is 0 Å². The van der Waals surface area contributed by atoms with Crippen molar-refractivity contribution >= 4 is 0 Å². The first-order valence-corrected chi connectivity index (χ1v) is 2.63. The maximum absolute atomic E-state index is 5.41. The van der Waals surface area contributed by atoms with Crippen LogP contribution in [0.3, 0.4) is 0 Å². The van der Waals surface area contributed by atoms with E-state index in [1.165, 1.54) is 0 Å². The molecule has 5 N–H and O–H groups in total. The van der Waals surface area contributed by atoms with E-state index in [2.05, 4.69) is 5.32 Å². The Hall–Kier alpha value is -0.700. The Kier molecular flexibility index (Phi) is 4.07. The van der Waals surface area contributed by atoms with Crippen LogP contribution in [0.25, 0.3) is 0 Å². The summed E-state index contributed by atoms with van der Waals surface area (Å²) in [5.74, 6) is 0. The lowest BCUT2D eigenvalue weighted by atomic mass is 10.3. The molecule has 0 fully saturated rings. The number of rotatable bonds is 3. The molecule has 0 aromatic heterocycles. The average Bonchev–Trinajstić information content (AvgIpc) is 1.68. The molecule has 0 rings (SSSR count). The van der Waals surface area contributed by atoms with Crippen LogP contribution in [0.2, 0.25) is 0 Å². The van der Waals surface area contributed by atoms with E-state index >= 15 is 0 Å². The molecule has 0 amide bonds. The van der Waals surface area contributed by atoms with Crippen molar-refractivity contribution in [1.29, 1.82) is 0 Å². The zero-order valence-corrected chi connectivity index (χ0v) is 5.15. The lowest BCUT2D eigenvalue weighted by molar-refractivity contribution is 0.910. The molecule has 0 aliphatic carbocycles. The predicted octanol–water partition coefficient (Wildman–Crippen LogP) is -0.645. The van der Waals surface area contributed by atoms with Crippen LogP contribution in [-0.4, -0.2) is 13.6 Å². The van der Waals surface area contributed by atoms with Crippen LogP contribution in [0.1, 0.15) is 6.42 Å². The molecule has 0 radical (unpaired) electrons. The SMILES string of the molecule is CN/C=C(\N)CCN. The maximum atomic E-state index is 5.41. The van der Waals surface area contributed by atoms with Gasteiger partial charge in [-0.25, -0.2) is 0 Å². The second-order valence-corrected chi connectivity index (χ2v) is 1.55. The highest BCUT2D eigenvalue weighted by molar-refractivity contribution is 4.93. The first-order valence-electron chi connectivity index (χ1n) is 2.63. The third-order valence-corrected chi connectivity index (χ3v) is 0.763. The van der Waals surface area contributed by atoms with Gasteiger partial charge in [0.2, 0.25) is 0 Å². The van der Waals surface area contributed by atoms with Crippen molar-refractivity contribution in [3.63, 3.8) is 0 Å². The minimum atomic E-state index is 0.615. The highest BCUT2D eigenvalue weighted by Gasteiger charge is 1.82. The summed E-state index contributed by atoms with van der Waals surface area (Å²) in [5.41, 5.74) is 11.4. The van der Waals surface area contributed by atoms with Gasteiger partial charge in [0.1, 0.15) is 0 Å². The zero-order valence-electron chi connectivity index (χ0n) is 5.15. The van der Waals surface area contributed by atoms with Crippen LogP contribution in [0, 0.1) is 0 Å². The third-order valence-electron chi connectivity index (χ3n) is 0.763. The fourth-order valence-electron chi connectivity index (χ4n) is 0.424. The van der Waals surface area contributed by atoms with E-state index in [1.807, 2.05) is 7.05 Å². The normalized spacial score (nSPS) is 11.5. The van der Waals surface area contributed by atoms with Crippen molar-refractivity contribution in [2.45, 2.75) is 6.42 Å². The summed E-state index contributed by atoms with van der Waals surface area (Å²) < 4.78 is 0. The summed E-state index contributed by atoms with van der Waals surface area (Å²) >= 11 is 0. The molecule has 0 aliphatic heterocycles. The Labute approximate surface area is 49.7 Å². The minimum absolute atomic E-state index is 0.615. The monoisotopic (exact) mass is 115 g/mol. The van der Waals surface area contributed by atoms with Crippen LogP contribution in [-0.2, 0) is 0 Å². The van der Waals surface area contributed by atoms with E-state index in [4.69, 9.17) is 11.5 Å². The lowest BCUT2D eigenvalue weighted by Gasteiger charge is -1.95. The molecule has 0 spiro atoms. The zero-order chi connectivity index (χ0) is 6.41. The molecule has 8 heavy (non-hydrogen) atoms. The summed E-state index contributed by atoms with van der Waals surface area (Å²) in [6.07, 6.45) is 2.51. The molecule has 0 heterocycles. The fraction of sp³-hybridized carbons (Fsp3) is 0.600. The first kappa shape index (κ1) is 7.30.